The van der Waals surface area contributed by atoms with Crippen LogP contribution in [0.4, 0.5) is 16.2 Å². The van der Waals surface area contributed by atoms with E-state index < -0.39 is 71.8 Å². The number of urea groups is 1. The maximum Gasteiger partial charge on any atom is 0.334 e. The molecule has 0 saturated carbocycles. The van der Waals surface area contributed by atoms with E-state index in [1.165, 1.54) is 37.4 Å². The van der Waals surface area contributed by atoms with Crippen LogP contribution in [0.25, 0.3) is 0 Å². The topological polar surface area (TPSA) is 132 Å². The Bertz CT molecular complexity index is 1740. The summed E-state index contributed by atoms with van der Waals surface area (Å²) in [7, 11) is 3.89. The number of nitrogens with zero attached hydrogens (tertiary/aromatic N) is 3. The number of hydrogen-bond acceptors (Lipinski definition) is 11. The minimum atomic E-state index is -1.28. The van der Waals surface area contributed by atoms with Crippen LogP contribution in [0.3, 0.4) is 0 Å². The number of benzene rings is 3. The summed E-state index contributed by atoms with van der Waals surface area (Å²) in [5.74, 6) is -2.53. The fourth-order valence-electron chi connectivity index (χ4n) is 6.59. The van der Waals surface area contributed by atoms with Crippen molar-refractivity contribution in [2.24, 2.45) is 0 Å². The Balaban J connectivity index is 1.46. The Labute approximate surface area is 288 Å². The zero-order chi connectivity index (χ0) is 35.0. The number of imide groups is 1. The van der Waals surface area contributed by atoms with Gasteiger partial charge in [-0.05, 0) is 35.4 Å². The molecule has 1 unspecified atom stereocenters. The first-order valence-electron chi connectivity index (χ1n) is 15.8. The molecule has 13 heteroatoms. The van der Waals surface area contributed by atoms with E-state index in [4.69, 9.17) is 18.9 Å². The van der Waals surface area contributed by atoms with E-state index in [0.717, 1.165) is 16.2 Å². The lowest BCUT2D eigenvalue weighted by Gasteiger charge is -2.32. The van der Waals surface area contributed by atoms with Gasteiger partial charge in [0.1, 0.15) is 23.5 Å². The Morgan fingerprint density at radius 3 is 2.08 bits per heavy atom. The first-order chi connectivity index (χ1) is 23.4. The van der Waals surface area contributed by atoms with Gasteiger partial charge >= 0.3 is 23.9 Å². The van der Waals surface area contributed by atoms with Crippen molar-refractivity contribution in [3.05, 3.63) is 96.1 Å². The number of hydrogen-bond donors (Lipinski definition) is 0. The van der Waals surface area contributed by atoms with Gasteiger partial charge < -0.3 is 23.8 Å². The second kappa shape index (κ2) is 13.6. The minimum absolute atomic E-state index is 0.335. The maximum absolute atomic E-state index is 15.2. The zero-order valence-corrected chi connectivity index (χ0v) is 28.5. The molecule has 3 amide bonds. The quantitative estimate of drug-likeness (QED) is 0.170. The zero-order valence-electron chi connectivity index (χ0n) is 27.7. The Kier molecular flexibility index (Phi) is 9.41. The highest BCUT2D eigenvalue weighted by Gasteiger charge is 2.71. The second-order valence-corrected chi connectivity index (χ2v) is 13.6. The van der Waals surface area contributed by atoms with E-state index >= 15 is 4.79 Å². The van der Waals surface area contributed by atoms with Crippen LogP contribution >= 0.6 is 11.8 Å². The molecule has 0 spiro atoms. The summed E-state index contributed by atoms with van der Waals surface area (Å²) in [4.78, 5) is 70.9. The highest BCUT2D eigenvalue weighted by Crippen LogP contribution is 2.72. The number of para-hydroxylation sites is 1. The van der Waals surface area contributed by atoms with Gasteiger partial charge in [-0.1, -0.05) is 60.7 Å². The Hall–Kier alpha value is -4.88. The third-order valence-corrected chi connectivity index (χ3v) is 10.4. The summed E-state index contributed by atoms with van der Waals surface area (Å²) in [6.45, 7) is 3.19. The number of esters is 3. The summed E-state index contributed by atoms with van der Waals surface area (Å²) in [5.41, 5.74) is 3.05. The van der Waals surface area contributed by atoms with E-state index in [0.29, 0.717) is 11.3 Å². The van der Waals surface area contributed by atoms with Gasteiger partial charge in [0.2, 0.25) is 0 Å². The molecule has 12 nitrogen and oxygen atoms in total. The average molecular weight is 688 g/mol. The van der Waals surface area contributed by atoms with Crippen molar-refractivity contribution in [2.45, 2.75) is 61.3 Å². The van der Waals surface area contributed by atoms with Crippen molar-refractivity contribution in [1.82, 2.24) is 4.90 Å². The van der Waals surface area contributed by atoms with Gasteiger partial charge in [-0.15, -0.1) is 11.8 Å². The lowest BCUT2D eigenvalue weighted by atomic mass is 9.89. The molecule has 3 aliphatic rings. The van der Waals surface area contributed by atoms with Gasteiger partial charge in [0, 0.05) is 46.2 Å². The van der Waals surface area contributed by atoms with Gasteiger partial charge in [-0.2, -0.15) is 0 Å². The fourth-order valence-corrected chi connectivity index (χ4v) is 8.03. The van der Waals surface area contributed by atoms with E-state index in [2.05, 4.69) is 0 Å². The molecule has 0 bridgehead atoms. The predicted octanol–water partition coefficient (Wildman–Crippen LogP) is 4.42. The number of fused-ring (bicyclic) bond motifs is 1. The summed E-state index contributed by atoms with van der Waals surface area (Å²) in [6, 6.07) is 24.1. The molecule has 0 radical (unpaired) electrons. The largest absolute Gasteiger partial charge is 0.462 e. The van der Waals surface area contributed by atoms with E-state index in [1.54, 1.807) is 30.3 Å². The van der Waals surface area contributed by atoms with Crippen LogP contribution in [0.15, 0.2) is 84.9 Å². The molecular formula is C36H37N3O9S. The molecule has 49 heavy (non-hydrogen) atoms. The molecule has 256 valence electrons. The highest BCUT2D eigenvalue weighted by molar-refractivity contribution is 8.08. The van der Waals surface area contributed by atoms with Gasteiger partial charge in [-0.3, -0.25) is 29.0 Å². The first kappa shape index (κ1) is 34.0. The third-order valence-electron chi connectivity index (χ3n) is 8.75. The van der Waals surface area contributed by atoms with Gasteiger partial charge in [0.25, 0.3) is 5.91 Å². The molecule has 3 fully saturated rings. The van der Waals surface area contributed by atoms with Crippen molar-refractivity contribution in [3.8, 4) is 0 Å². The number of carbonyl (C=O) groups is 5. The van der Waals surface area contributed by atoms with E-state index in [9.17, 15) is 19.2 Å². The molecular weight excluding hydrogens is 650 g/mol. The molecule has 3 saturated heterocycles. The highest BCUT2D eigenvalue weighted by atomic mass is 32.2. The monoisotopic (exact) mass is 687 g/mol. The van der Waals surface area contributed by atoms with Gasteiger partial charge in [-0.25, -0.2) is 4.79 Å². The van der Waals surface area contributed by atoms with Crippen molar-refractivity contribution in [3.63, 3.8) is 0 Å². The normalized spacial score (nSPS) is 26.1. The van der Waals surface area contributed by atoms with Crippen LogP contribution in [0.2, 0.25) is 0 Å². The molecule has 3 aliphatic heterocycles. The van der Waals surface area contributed by atoms with Crippen molar-refractivity contribution < 1.29 is 42.9 Å². The summed E-state index contributed by atoms with van der Waals surface area (Å²) < 4.78 is 21.8. The molecule has 0 N–H and O–H groups in total. The van der Waals surface area contributed by atoms with Crippen LogP contribution in [0.5, 0.6) is 0 Å². The molecule has 0 aromatic heterocycles. The standard InChI is InChI=1S/C36H37N3O9S/c1-21(40)45-20-28(46-22(2)41)30-31(47-23(3)42)29-33(48-30)38(27-14-10-7-11-15-27)35(44)39(29)34(43)36(25-12-8-6-9-13-25)32(49-36)24-16-18-26(19-17-24)37(4)5/h6-19,28-33H,20H2,1-5H3/t28-,29-,30-,31?,32-,33+,36+/m1/s1. The SMILES string of the molecule is CC(=O)OC[C@@H](OC(C)=O)[C@H]1O[C@H]2[C@@H](C1OC(C)=O)N(C(=O)[C@@]1(c3ccccc3)S[C@@H]1c1ccc(N(C)C)cc1)C(=O)N2c1ccccc1. The maximum atomic E-state index is 15.2. The summed E-state index contributed by atoms with van der Waals surface area (Å²) >= 11 is 1.42. The molecule has 6 rings (SSSR count). The van der Waals surface area contributed by atoms with Crippen molar-refractivity contribution >= 4 is 53.0 Å². The van der Waals surface area contributed by atoms with Gasteiger partial charge in [0.15, 0.2) is 18.4 Å². The van der Waals surface area contributed by atoms with Crippen LogP contribution in [0, 0.1) is 0 Å². The Morgan fingerprint density at radius 1 is 0.878 bits per heavy atom. The van der Waals surface area contributed by atoms with Crippen LogP contribution < -0.4 is 9.80 Å². The Morgan fingerprint density at radius 2 is 1.51 bits per heavy atom. The lowest BCUT2D eigenvalue weighted by Crippen LogP contribution is -2.54. The first-order valence-corrected chi connectivity index (χ1v) is 16.7. The third kappa shape index (κ3) is 6.35. The minimum Gasteiger partial charge on any atom is -0.462 e. The van der Waals surface area contributed by atoms with Crippen molar-refractivity contribution in [2.75, 3.05) is 30.5 Å². The van der Waals surface area contributed by atoms with Crippen LogP contribution in [-0.2, 0) is 42.9 Å². The molecule has 3 aromatic rings. The second-order valence-electron chi connectivity index (χ2n) is 12.3. The molecule has 3 heterocycles. The number of rotatable bonds is 10. The number of amides is 3. The molecule has 3 aromatic carbocycles. The van der Waals surface area contributed by atoms with Crippen LogP contribution in [0.1, 0.15) is 37.1 Å². The predicted molar refractivity (Wildman–Crippen MR) is 181 cm³/mol. The number of anilines is 2. The fraction of sp³-hybridized carbons (Fsp3) is 0.361. The summed E-state index contributed by atoms with van der Waals surface area (Å²) in [5, 5.41) is -0.335. The van der Waals surface area contributed by atoms with Crippen LogP contribution in [-0.4, -0.2) is 86.0 Å². The molecule has 7 atom stereocenters. The average Bonchev–Trinajstić information content (AvgIpc) is 3.66. The molecule has 0 aliphatic carbocycles. The van der Waals surface area contributed by atoms with Crippen molar-refractivity contribution in [1.29, 1.82) is 0 Å². The lowest BCUT2D eigenvalue weighted by molar-refractivity contribution is -0.175. The van der Waals surface area contributed by atoms with Gasteiger partial charge in [0.05, 0.1) is 5.25 Å². The summed E-state index contributed by atoms with van der Waals surface area (Å²) in [6.07, 6.45) is -4.84. The number of ether oxygens (including phenoxy) is 4. The number of thioether (sulfide) groups is 1. The van der Waals surface area contributed by atoms with E-state index in [-0.39, 0.29) is 5.25 Å². The smallest absolute Gasteiger partial charge is 0.334 e. The number of carbonyl (C=O) groups excluding carboxylic acids is 5. The van der Waals surface area contributed by atoms with E-state index in [1.807, 2.05) is 73.6 Å².